The molecule has 0 heterocycles. The molecule has 0 aromatic heterocycles. The van der Waals surface area contributed by atoms with Gasteiger partial charge in [0.2, 0.25) is 5.91 Å². The molecule has 0 aromatic carbocycles. The molecule has 19 heavy (non-hydrogen) atoms. The van der Waals surface area contributed by atoms with Crippen molar-refractivity contribution < 1.29 is 9.90 Å². The highest BCUT2D eigenvalue weighted by Crippen LogP contribution is 2.32. The van der Waals surface area contributed by atoms with Crippen molar-refractivity contribution in [3.63, 3.8) is 0 Å². The van der Waals surface area contributed by atoms with E-state index in [-0.39, 0.29) is 12.5 Å². The monoisotopic (exact) mass is 270 g/mol. The SMILES string of the molecule is CNCC[C@H]1CC[C@H](CC(=O)N(C)CCCO)CC1. The minimum absolute atomic E-state index is 0.161. The van der Waals surface area contributed by atoms with Crippen molar-refractivity contribution in [2.45, 2.75) is 44.9 Å². The maximum atomic E-state index is 12.0. The lowest BCUT2D eigenvalue weighted by molar-refractivity contribution is -0.131. The Bertz CT molecular complexity index is 251. The molecule has 1 amide bonds. The first kappa shape index (κ1) is 16.4. The normalized spacial score (nSPS) is 23.3. The zero-order chi connectivity index (χ0) is 14.1. The van der Waals surface area contributed by atoms with E-state index in [1.54, 1.807) is 4.90 Å². The Kier molecular flexibility index (Phi) is 8.07. The second kappa shape index (κ2) is 9.32. The fraction of sp³-hybridized carbons (Fsp3) is 0.933. The van der Waals surface area contributed by atoms with Gasteiger partial charge in [-0.3, -0.25) is 4.79 Å². The van der Waals surface area contributed by atoms with Crippen molar-refractivity contribution in [1.82, 2.24) is 10.2 Å². The van der Waals surface area contributed by atoms with Crippen LogP contribution in [0.2, 0.25) is 0 Å². The number of nitrogens with zero attached hydrogens (tertiary/aromatic N) is 1. The molecule has 4 nitrogen and oxygen atoms in total. The summed E-state index contributed by atoms with van der Waals surface area (Å²) in [6, 6.07) is 0. The second-order valence-electron chi connectivity index (χ2n) is 5.88. The Balaban J connectivity index is 2.19. The molecule has 0 aliphatic heterocycles. The van der Waals surface area contributed by atoms with Crippen LogP contribution in [0.1, 0.15) is 44.9 Å². The van der Waals surface area contributed by atoms with Crippen LogP contribution in [0.3, 0.4) is 0 Å². The lowest BCUT2D eigenvalue weighted by Crippen LogP contribution is -2.31. The zero-order valence-electron chi connectivity index (χ0n) is 12.5. The summed E-state index contributed by atoms with van der Waals surface area (Å²) in [4.78, 5) is 13.8. The molecule has 0 atom stereocenters. The Morgan fingerprint density at radius 2 is 1.89 bits per heavy atom. The van der Waals surface area contributed by atoms with E-state index in [0.29, 0.717) is 25.3 Å². The number of hydrogen-bond acceptors (Lipinski definition) is 3. The third-order valence-electron chi connectivity index (χ3n) is 4.31. The minimum Gasteiger partial charge on any atom is -0.396 e. The number of rotatable bonds is 8. The first-order valence-electron chi connectivity index (χ1n) is 7.66. The van der Waals surface area contributed by atoms with Gasteiger partial charge in [-0.25, -0.2) is 0 Å². The standard InChI is InChI=1S/C15H30N2O2/c1-16-9-8-13-4-6-14(7-5-13)12-15(19)17(2)10-3-11-18/h13-14,16,18H,3-12H2,1-2H3/t13-,14-. The maximum Gasteiger partial charge on any atom is 0.222 e. The van der Waals surface area contributed by atoms with Gasteiger partial charge >= 0.3 is 0 Å². The summed E-state index contributed by atoms with van der Waals surface area (Å²) in [6.45, 7) is 1.94. The maximum absolute atomic E-state index is 12.0. The molecule has 0 spiro atoms. The first-order valence-corrected chi connectivity index (χ1v) is 7.66. The van der Waals surface area contributed by atoms with Crippen LogP contribution in [-0.4, -0.2) is 49.7 Å². The molecule has 1 aliphatic rings. The average Bonchev–Trinajstić information content (AvgIpc) is 2.43. The quantitative estimate of drug-likeness (QED) is 0.705. The number of aliphatic hydroxyl groups excluding tert-OH is 1. The van der Waals surface area contributed by atoms with Crippen LogP contribution in [-0.2, 0) is 4.79 Å². The summed E-state index contributed by atoms with van der Waals surface area (Å²) in [5.74, 6) is 1.67. The van der Waals surface area contributed by atoms with Crippen LogP contribution in [0.25, 0.3) is 0 Å². The minimum atomic E-state index is 0.161. The number of carbonyl (C=O) groups is 1. The molecule has 0 aromatic rings. The van der Waals surface area contributed by atoms with Crippen molar-refractivity contribution in [2.75, 3.05) is 33.8 Å². The third kappa shape index (κ3) is 6.39. The Morgan fingerprint density at radius 3 is 2.47 bits per heavy atom. The molecular weight excluding hydrogens is 240 g/mol. The van der Waals surface area contributed by atoms with Crippen molar-refractivity contribution in [3.05, 3.63) is 0 Å². The number of carbonyl (C=O) groups excluding carboxylic acids is 1. The first-order chi connectivity index (χ1) is 9.17. The van der Waals surface area contributed by atoms with E-state index in [1.165, 1.54) is 32.1 Å². The van der Waals surface area contributed by atoms with Gasteiger partial charge < -0.3 is 15.3 Å². The topological polar surface area (TPSA) is 52.6 Å². The molecule has 0 radical (unpaired) electrons. The predicted molar refractivity (Wildman–Crippen MR) is 77.9 cm³/mol. The van der Waals surface area contributed by atoms with Crippen molar-refractivity contribution in [1.29, 1.82) is 0 Å². The molecule has 1 fully saturated rings. The van der Waals surface area contributed by atoms with Gasteiger partial charge in [-0.05, 0) is 51.1 Å². The highest BCUT2D eigenvalue weighted by Gasteiger charge is 2.23. The molecule has 0 saturated heterocycles. The van der Waals surface area contributed by atoms with Crippen LogP contribution in [0.15, 0.2) is 0 Å². The van der Waals surface area contributed by atoms with Crippen LogP contribution < -0.4 is 5.32 Å². The fourth-order valence-corrected chi connectivity index (χ4v) is 2.91. The van der Waals surface area contributed by atoms with E-state index >= 15 is 0 Å². The molecule has 0 bridgehead atoms. The van der Waals surface area contributed by atoms with E-state index in [1.807, 2.05) is 14.1 Å². The summed E-state index contributed by atoms with van der Waals surface area (Å²) in [6.07, 6.45) is 7.61. The van der Waals surface area contributed by atoms with Crippen LogP contribution in [0.5, 0.6) is 0 Å². The molecule has 1 aliphatic carbocycles. The van der Waals surface area contributed by atoms with Crippen LogP contribution in [0.4, 0.5) is 0 Å². The molecular formula is C15H30N2O2. The molecule has 112 valence electrons. The van der Waals surface area contributed by atoms with E-state index in [0.717, 1.165) is 12.5 Å². The summed E-state index contributed by atoms with van der Waals surface area (Å²) in [7, 11) is 3.85. The second-order valence-corrected chi connectivity index (χ2v) is 5.88. The number of aliphatic hydroxyl groups is 1. The molecule has 2 N–H and O–H groups in total. The molecule has 0 unspecified atom stereocenters. The summed E-state index contributed by atoms with van der Waals surface area (Å²) >= 11 is 0. The number of nitrogens with one attached hydrogen (secondary N) is 1. The van der Waals surface area contributed by atoms with E-state index in [2.05, 4.69) is 5.32 Å². The predicted octanol–water partition coefficient (Wildman–Crippen LogP) is 1.63. The van der Waals surface area contributed by atoms with Gasteiger partial charge in [0.1, 0.15) is 0 Å². The zero-order valence-corrected chi connectivity index (χ0v) is 12.5. The van der Waals surface area contributed by atoms with Gasteiger partial charge in [0.15, 0.2) is 0 Å². The highest BCUT2D eigenvalue weighted by atomic mass is 16.3. The van der Waals surface area contributed by atoms with Gasteiger partial charge in [0.05, 0.1) is 0 Å². The van der Waals surface area contributed by atoms with Gasteiger partial charge in [-0.2, -0.15) is 0 Å². The van der Waals surface area contributed by atoms with E-state index in [4.69, 9.17) is 5.11 Å². The Labute approximate surface area is 117 Å². The Morgan fingerprint density at radius 1 is 1.26 bits per heavy atom. The van der Waals surface area contributed by atoms with Gasteiger partial charge in [-0.15, -0.1) is 0 Å². The summed E-state index contributed by atoms with van der Waals surface area (Å²) in [5, 5.41) is 12.0. The number of hydrogen-bond donors (Lipinski definition) is 2. The average molecular weight is 270 g/mol. The molecule has 4 heteroatoms. The summed E-state index contributed by atoms with van der Waals surface area (Å²) in [5.41, 5.74) is 0. The molecule has 1 rings (SSSR count). The van der Waals surface area contributed by atoms with Gasteiger partial charge in [-0.1, -0.05) is 12.8 Å². The smallest absolute Gasteiger partial charge is 0.222 e. The Hall–Kier alpha value is -0.610. The van der Waals surface area contributed by atoms with Gasteiger partial charge in [0, 0.05) is 26.6 Å². The lowest BCUT2D eigenvalue weighted by atomic mass is 9.79. The largest absolute Gasteiger partial charge is 0.396 e. The van der Waals surface area contributed by atoms with Crippen molar-refractivity contribution in [2.24, 2.45) is 11.8 Å². The van der Waals surface area contributed by atoms with E-state index < -0.39 is 0 Å². The van der Waals surface area contributed by atoms with Crippen LogP contribution in [0, 0.1) is 11.8 Å². The van der Waals surface area contributed by atoms with E-state index in [9.17, 15) is 4.79 Å². The number of amides is 1. The van der Waals surface area contributed by atoms with Crippen molar-refractivity contribution >= 4 is 5.91 Å². The summed E-state index contributed by atoms with van der Waals surface area (Å²) < 4.78 is 0. The highest BCUT2D eigenvalue weighted by molar-refractivity contribution is 5.76. The molecule has 1 saturated carbocycles. The van der Waals surface area contributed by atoms with Gasteiger partial charge in [0.25, 0.3) is 0 Å². The fourth-order valence-electron chi connectivity index (χ4n) is 2.91. The van der Waals surface area contributed by atoms with Crippen LogP contribution >= 0.6 is 0 Å². The third-order valence-corrected chi connectivity index (χ3v) is 4.31. The van der Waals surface area contributed by atoms with Crippen molar-refractivity contribution in [3.8, 4) is 0 Å². The lowest BCUT2D eigenvalue weighted by Gasteiger charge is -2.29.